The molecule has 0 bridgehead atoms. The lowest BCUT2D eigenvalue weighted by Gasteiger charge is -2.39. The summed E-state index contributed by atoms with van der Waals surface area (Å²) in [6.07, 6.45) is 0. The van der Waals surface area contributed by atoms with Gasteiger partial charge in [0.2, 0.25) is 0 Å². The molecule has 0 saturated carbocycles. The van der Waals surface area contributed by atoms with Gasteiger partial charge in [0.05, 0.1) is 18.3 Å². The van der Waals surface area contributed by atoms with Crippen molar-refractivity contribution in [3.05, 3.63) is 59.8 Å². The van der Waals surface area contributed by atoms with Gasteiger partial charge in [-0.05, 0) is 39.0 Å². The molecule has 152 valence electrons. The topological polar surface area (TPSA) is 48.6 Å². The first kappa shape index (κ1) is 19.5. The quantitative estimate of drug-likeness (QED) is 0.638. The molecule has 0 unspecified atom stereocenters. The highest BCUT2D eigenvalue weighted by Crippen LogP contribution is 2.30. The third-order valence-electron chi connectivity index (χ3n) is 5.89. The minimum Gasteiger partial charge on any atom is -0.492 e. The van der Waals surface area contributed by atoms with Gasteiger partial charge in [-0.25, -0.2) is 0 Å². The van der Waals surface area contributed by atoms with Crippen molar-refractivity contribution in [2.45, 2.75) is 26.8 Å². The molecule has 1 fully saturated rings. The number of aromatic amines is 1. The van der Waals surface area contributed by atoms with E-state index in [1.54, 1.807) is 0 Å². The number of Topliss-reactive ketones (excluding diaryl/α,β-unsaturated/α-hetero) is 1. The molecular weight excluding hydrogens is 362 g/mol. The number of aryl methyl sites for hydroxylation is 1. The Hall–Kier alpha value is -2.79. The van der Waals surface area contributed by atoms with Gasteiger partial charge in [0.15, 0.2) is 5.78 Å². The van der Waals surface area contributed by atoms with Gasteiger partial charge in [0.1, 0.15) is 5.75 Å². The summed E-state index contributed by atoms with van der Waals surface area (Å²) >= 11 is 0. The van der Waals surface area contributed by atoms with Gasteiger partial charge in [0.25, 0.3) is 0 Å². The molecule has 1 N–H and O–H groups in total. The van der Waals surface area contributed by atoms with E-state index < -0.39 is 0 Å². The maximum atomic E-state index is 13.3. The van der Waals surface area contributed by atoms with E-state index >= 15 is 0 Å². The van der Waals surface area contributed by atoms with Crippen LogP contribution in [-0.4, -0.2) is 54.5 Å². The lowest BCUT2D eigenvalue weighted by Crippen LogP contribution is -2.51. The van der Waals surface area contributed by atoms with Crippen molar-refractivity contribution in [1.29, 1.82) is 0 Å². The average molecular weight is 392 g/mol. The molecule has 4 rings (SSSR count). The van der Waals surface area contributed by atoms with E-state index in [4.69, 9.17) is 4.74 Å². The summed E-state index contributed by atoms with van der Waals surface area (Å²) in [6, 6.07) is 16.1. The Bertz CT molecular complexity index is 1000. The third-order valence-corrected chi connectivity index (χ3v) is 5.89. The van der Waals surface area contributed by atoms with Crippen molar-refractivity contribution in [1.82, 2.24) is 9.88 Å². The molecule has 0 aliphatic carbocycles. The largest absolute Gasteiger partial charge is 0.492 e. The Kier molecular flexibility index (Phi) is 5.58. The van der Waals surface area contributed by atoms with Crippen molar-refractivity contribution in [3.8, 4) is 5.75 Å². The highest BCUT2D eigenvalue weighted by Gasteiger charge is 2.29. The van der Waals surface area contributed by atoms with Crippen LogP contribution >= 0.6 is 0 Å². The number of hydrogen-bond donors (Lipinski definition) is 1. The van der Waals surface area contributed by atoms with Gasteiger partial charge in [0, 0.05) is 48.3 Å². The van der Waals surface area contributed by atoms with Crippen LogP contribution in [0.15, 0.2) is 48.5 Å². The second kappa shape index (κ2) is 8.29. The van der Waals surface area contributed by atoms with Crippen molar-refractivity contribution in [2.75, 3.05) is 37.7 Å². The fourth-order valence-electron chi connectivity index (χ4n) is 4.31. The molecule has 29 heavy (non-hydrogen) atoms. The van der Waals surface area contributed by atoms with E-state index in [1.807, 2.05) is 57.2 Å². The summed E-state index contributed by atoms with van der Waals surface area (Å²) in [5, 5.41) is 1.02. The summed E-state index contributed by atoms with van der Waals surface area (Å²) in [5.41, 5.74) is 3.95. The number of benzene rings is 2. The summed E-state index contributed by atoms with van der Waals surface area (Å²) < 4.78 is 5.79. The second-order valence-corrected chi connectivity index (χ2v) is 7.63. The predicted octanol–water partition coefficient (Wildman–Crippen LogP) is 4.27. The number of ether oxygens (including phenoxy) is 1. The number of ketones is 1. The van der Waals surface area contributed by atoms with Crippen LogP contribution in [0.2, 0.25) is 0 Å². The van der Waals surface area contributed by atoms with Crippen LogP contribution < -0.4 is 9.64 Å². The van der Waals surface area contributed by atoms with Gasteiger partial charge in [-0.15, -0.1) is 0 Å². The highest BCUT2D eigenvalue weighted by atomic mass is 16.5. The molecule has 2 heterocycles. The molecule has 1 aliphatic heterocycles. The number of rotatable bonds is 6. The lowest BCUT2D eigenvalue weighted by atomic mass is 10.0. The number of hydrogen-bond acceptors (Lipinski definition) is 4. The minimum absolute atomic E-state index is 0.141. The Morgan fingerprint density at radius 1 is 1.07 bits per heavy atom. The van der Waals surface area contributed by atoms with Crippen LogP contribution in [0.3, 0.4) is 0 Å². The van der Waals surface area contributed by atoms with Crippen molar-refractivity contribution < 1.29 is 9.53 Å². The molecule has 1 aliphatic rings. The number of nitrogens with zero attached hydrogens (tertiary/aromatic N) is 2. The van der Waals surface area contributed by atoms with E-state index in [2.05, 4.69) is 26.9 Å². The molecule has 0 radical (unpaired) electrons. The normalized spacial score (nSPS) is 16.2. The highest BCUT2D eigenvalue weighted by molar-refractivity contribution is 6.11. The first-order valence-corrected chi connectivity index (χ1v) is 10.4. The van der Waals surface area contributed by atoms with Crippen LogP contribution in [0.5, 0.6) is 5.75 Å². The smallest absolute Gasteiger partial charge is 0.182 e. The van der Waals surface area contributed by atoms with Crippen LogP contribution in [0.1, 0.15) is 29.9 Å². The summed E-state index contributed by atoms with van der Waals surface area (Å²) in [7, 11) is 0. The molecule has 1 atom stereocenters. The number of carbonyl (C=O) groups excluding carboxylic acids is 1. The fraction of sp³-hybridized carbons (Fsp3) is 0.375. The Morgan fingerprint density at radius 2 is 1.76 bits per heavy atom. The van der Waals surface area contributed by atoms with Gasteiger partial charge >= 0.3 is 0 Å². The number of H-pyrrole nitrogens is 1. The molecule has 0 amide bonds. The predicted molar refractivity (Wildman–Crippen MR) is 118 cm³/mol. The van der Waals surface area contributed by atoms with E-state index in [0.29, 0.717) is 6.61 Å². The summed E-state index contributed by atoms with van der Waals surface area (Å²) in [4.78, 5) is 21.3. The zero-order valence-corrected chi connectivity index (χ0v) is 17.4. The van der Waals surface area contributed by atoms with Crippen LogP contribution in [0.25, 0.3) is 10.9 Å². The maximum absolute atomic E-state index is 13.3. The minimum atomic E-state index is -0.141. The second-order valence-electron chi connectivity index (χ2n) is 7.63. The number of anilines is 1. The molecular formula is C24H29N3O2. The maximum Gasteiger partial charge on any atom is 0.182 e. The van der Waals surface area contributed by atoms with Gasteiger partial charge in [-0.1, -0.05) is 30.3 Å². The third kappa shape index (κ3) is 3.75. The first-order chi connectivity index (χ1) is 14.1. The number of aromatic nitrogens is 1. The van der Waals surface area contributed by atoms with Gasteiger partial charge < -0.3 is 14.6 Å². The number of piperazine rings is 1. The SMILES string of the molecule is CCOc1ccccc1N1CCN([C@@H](C)C(=O)c2c(C)[nH]c3ccccc23)CC1. The molecule has 2 aromatic carbocycles. The van der Waals surface area contributed by atoms with E-state index in [1.165, 1.54) is 0 Å². The average Bonchev–Trinajstić information content (AvgIpc) is 3.09. The van der Waals surface area contributed by atoms with Gasteiger partial charge in [-0.3, -0.25) is 9.69 Å². The van der Waals surface area contributed by atoms with Gasteiger partial charge in [-0.2, -0.15) is 0 Å². The van der Waals surface area contributed by atoms with E-state index in [-0.39, 0.29) is 11.8 Å². The van der Waals surface area contributed by atoms with E-state index in [0.717, 1.165) is 59.8 Å². The van der Waals surface area contributed by atoms with Crippen molar-refractivity contribution in [2.24, 2.45) is 0 Å². The lowest BCUT2D eigenvalue weighted by molar-refractivity contribution is 0.0830. The fourth-order valence-corrected chi connectivity index (χ4v) is 4.31. The molecule has 0 spiro atoms. The monoisotopic (exact) mass is 391 g/mol. The van der Waals surface area contributed by atoms with Crippen LogP contribution in [0.4, 0.5) is 5.69 Å². The zero-order chi connectivity index (χ0) is 20.4. The summed E-state index contributed by atoms with van der Waals surface area (Å²) in [5.74, 6) is 1.13. The first-order valence-electron chi connectivity index (χ1n) is 10.4. The summed E-state index contributed by atoms with van der Waals surface area (Å²) in [6.45, 7) is 10.2. The van der Waals surface area contributed by atoms with Crippen molar-refractivity contribution >= 4 is 22.4 Å². The Balaban J connectivity index is 1.47. The number of para-hydroxylation sites is 3. The van der Waals surface area contributed by atoms with Crippen LogP contribution in [-0.2, 0) is 0 Å². The Morgan fingerprint density at radius 3 is 2.52 bits per heavy atom. The van der Waals surface area contributed by atoms with E-state index in [9.17, 15) is 4.79 Å². The number of fused-ring (bicyclic) bond motifs is 1. The molecule has 1 aromatic heterocycles. The Labute approximate surface area is 172 Å². The number of nitrogens with one attached hydrogen (secondary N) is 1. The molecule has 1 saturated heterocycles. The molecule has 5 heteroatoms. The molecule has 5 nitrogen and oxygen atoms in total. The molecule has 3 aromatic rings. The zero-order valence-electron chi connectivity index (χ0n) is 17.4. The van der Waals surface area contributed by atoms with Crippen LogP contribution in [0, 0.1) is 6.92 Å². The van der Waals surface area contributed by atoms with Crippen molar-refractivity contribution in [3.63, 3.8) is 0 Å². The standard InChI is InChI=1S/C24H29N3O2/c1-4-29-22-12-8-7-11-21(22)27-15-13-26(14-16-27)18(3)24(28)23-17(2)25-20-10-6-5-9-19(20)23/h5-12,18,25H,4,13-16H2,1-3H3/t18-/m0/s1. The number of carbonyl (C=O) groups is 1.